The van der Waals surface area contributed by atoms with Gasteiger partial charge in [-0.25, -0.2) is 0 Å². The maximum Gasteiger partial charge on any atom is 0.228 e. The molecule has 0 saturated heterocycles. The Morgan fingerprint density at radius 3 is 2.88 bits per heavy atom. The van der Waals surface area contributed by atoms with Crippen LogP contribution in [-0.2, 0) is 4.79 Å². The monoisotopic (exact) mass is 215 g/mol. The quantitative estimate of drug-likeness (QED) is 0.807. The van der Waals surface area contributed by atoms with Gasteiger partial charge in [0.05, 0.1) is 5.92 Å². The van der Waals surface area contributed by atoms with Gasteiger partial charge < -0.3 is 5.32 Å². The molecule has 0 heterocycles. The third kappa shape index (κ3) is 2.16. The number of amides is 1. The summed E-state index contributed by atoms with van der Waals surface area (Å²) in [6.45, 7) is 3.98. The molecule has 16 heavy (non-hydrogen) atoms. The third-order valence-electron chi connectivity index (χ3n) is 2.79. The fourth-order valence-corrected chi connectivity index (χ4v) is 2.07. The number of nitrogens with one attached hydrogen (secondary N) is 1. The van der Waals surface area contributed by atoms with Crippen LogP contribution in [0, 0.1) is 0 Å². The number of fused-ring (bicyclic) bond motifs is 1. The SMILES string of the molecule is CC(C)NC(=O)C1CC=Cc2ccccc21. The van der Waals surface area contributed by atoms with Crippen molar-refractivity contribution in [3.63, 3.8) is 0 Å². The summed E-state index contributed by atoms with van der Waals surface area (Å²) < 4.78 is 0. The summed E-state index contributed by atoms with van der Waals surface area (Å²) in [5.74, 6) is 0.107. The van der Waals surface area contributed by atoms with E-state index in [0.717, 1.165) is 17.5 Å². The molecule has 84 valence electrons. The van der Waals surface area contributed by atoms with Gasteiger partial charge in [0.2, 0.25) is 5.91 Å². The molecule has 1 atom stereocenters. The number of hydrogen-bond donors (Lipinski definition) is 1. The van der Waals surface area contributed by atoms with Gasteiger partial charge in [0.25, 0.3) is 0 Å². The van der Waals surface area contributed by atoms with E-state index in [2.05, 4.69) is 23.5 Å². The standard InChI is InChI=1S/C14H17NO/c1-10(2)15-14(16)13-9-5-7-11-6-3-4-8-12(11)13/h3-8,10,13H,9H2,1-2H3,(H,15,16). The van der Waals surface area contributed by atoms with Crippen molar-refractivity contribution in [2.45, 2.75) is 32.2 Å². The predicted molar refractivity (Wildman–Crippen MR) is 66.1 cm³/mol. The summed E-state index contributed by atoms with van der Waals surface area (Å²) in [5, 5.41) is 2.98. The van der Waals surface area contributed by atoms with Crippen LogP contribution in [0.3, 0.4) is 0 Å². The molecule has 0 aliphatic heterocycles. The lowest BCUT2D eigenvalue weighted by Crippen LogP contribution is -2.35. The topological polar surface area (TPSA) is 29.1 Å². The van der Waals surface area contributed by atoms with Crippen LogP contribution in [0.4, 0.5) is 0 Å². The van der Waals surface area contributed by atoms with Crippen molar-refractivity contribution in [3.8, 4) is 0 Å². The van der Waals surface area contributed by atoms with E-state index in [4.69, 9.17) is 0 Å². The van der Waals surface area contributed by atoms with Crippen LogP contribution in [-0.4, -0.2) is 11.9 Å². The highest BCUT2D eigenvalue weighted by Crippen LogP contribution is 2.29. The van der Waals surface area contributed by atoms with E-state index in [1.807, 2.05) is 32.0 Å². The number of carbonyl (C=O) groups is 1. The Bertz CT molecular complexity index is 420. The highest BCUT2D eigenvalue weighted by Gasteiger charge is 2.23. The summed E-state index contributed by atoms with van der Waals surface area (Å²) in [7, 11) is 0. The summed E-state index contributed by atoms with van der Waals surface area (Å²) in [5.41, 5.74) is 2.31. The third-order valence-corrected chi connectivity index (χ3v) is 2.79. The molecule has 2 heteroatoms. The molecule has 2 rings (SSSR count). The maximum absolute atomic E-state index is 12.0. The van der Waals surface area contributed by atoms with E-state index < -0.39 is 0 Å². The van der Waals surface area contributed by atoms with E-state index in [1.165, 1.54) is 0 Å². The van der Waals surface area contributed by atoms with Crippen molar-refractivity contribution in [2.24, 2.45) is 0 Å². The Balaban J connectivity index is 2.25. The molecule has 2 nitrogen and oxygen atoms in total. The van der Waals surface area contributed by atoms with Gasteiger partial charge in [-0.05, 0) is 31.4 Å². The first kappa shape index (κ1) is 10.9. The van der Waals surface area contributed by atoms with Crippen molar-refractivity contribution in [3.05, 3.63) is 41.5 Å². The molecule has 1 N–H and O–H groups in total. The fraction of sp³-hybridized carbons (Fsp3) is 0.357. The molecule has 0 spiro atoms. The molecule has 1 unspecified atom stereocenters. The highest BCUT2D eigenvalue weighted by atomic mass is 16.1. The molecule has 1 aliphatic carbocycles. The van der Waals surface area contributed by atoms with Crippen molar-refractivity contribution in [1.29, 1.82) is 0 Å². The molecule has 1 amide bonds. The molecular formula is C14H17NO. The molecule has 0 bridgehead atoms. The van der Waals surface area contributed by atoms with Crippen molar-refractivity contribution in [2.75, 3.05) is 0 Å². The second-order valence-electron chi connectivity index (χ2n) is 4.48. The summed E-state index contributed by atoms with van der Waals surface area (Å²) >= 11 is 0. The van der Waals surface area contributed by atoms with E-state index in [0.29, 0.717) is 0 Å². The van der Waals surface area contributed by atoms with E-state index in [9.17, 15) is 4.79 Å². The molecule has 0 saturated carbocycles. The van der Waals surface area contributed by atoms with Crippen LogP contribution >= 0.6 is 0 Å². The minimum atomic E-state index is -0.0244. The second kappa shape index (κ2) is 4.52. The van der Waals surface area contributed by atoms with Crippen molar-refractivity contribution >= 4 is 12.0 Å². The average molecular weight is 215 g/mol. The summed E-state index contributed by atoms with van der Waals surface area (Å²) in [6, 6.07) is 8.30. The second-order valence-corrected chi connectivity index (χ2v) is 4.48. The van der Waals surface area contributed by atoms with Gasteiger partial charge in [-0.15, -0.1) is 0 Å². The number of rotatable bonds is 2. The minimum Gasteiger partial charge on any atom is -0.353 e. The van der Waals surface area contributed by atoms with Crippen LogP contribution in [0.1, 0.15) is 37.3 Å². The van der Waals surface area contributed by atoms with Gasteiger partial charge in [-0.3, -0.25) is 4.79 Å². The zero-order chi connectivity index (χ0) is 11.5. The summed E-state index contributed by atoms with van der Waals surface area (Å²) in [4.78, 5) is 12.0. The fourth-order valence-electron chi connectivity index (χ4n) is 2.07. The Morgan fingerprint density at radius 2 is 2.12 bits per heavy atom. The minimum absolute atomic E-state index is 0.0244. The lowest BCUT2D eigenvalue weighted by molar-refractivity contribution is -0.123. The Labute approximate surface area is 96.4 Å². The molecule has 0 fully saturated rings. The largest absolute Gasteiger partial charge is 0.353 e. The van der Waals surface area contributed by atoms with E-state index >= 15 is 0 Å². The van der Waals surface area contributed by atoms with Crippen LogP contribution < -0.4 is 5.32 Å². The molecule has 0 aromatic heterocycles. The van der Waals surface area contributed by atoms with E-state index in [-0.39, 0.29) is 17.9 Å². The van der Waals surface area contributed by atoms with Gasteiger partial charge in [-0.2, -0.15) is 0 Å². The van der Waals surface area contributed by atoms with Crippen molar-refractivity contribution < 1.29 is 4.79 Å². The molecule has 1 aromatic rings. The maximum atomic E-state index is 12.0. The number of carbonyl (C=O) groups excluding carboxylic acids is 1. The van der Waals surface area contributed by atoms with Crippen molar-refractivity contribution in [1.82, 2.24) is 5.32 Å². The molecule has 0 radical (unpaired) electrons. The van der Waals surface area contributed by atoms with Gasteiger partial charge in [-0.1, -0.05) is 36.4 Å². The first-order valence-electron chi connectivity index (χ1n) is 5.74. The zero-order valence-corrected chi connectivity index (χ0v) is 9.73. The van der Waals surface area contributed by atoms with Crippen LogP contribution in [0.2, 0.25) is 0 Å². The Kier molecular flexibility index (Phi) is 3.09. The number of allylic oxidation sites excluding steroid dienone is 1. The number of hydrogen-bond acceptors (Lipinski definition) is 1. The highest BCUT2D eigenvalue weighted by molar-refractivity contribution is 5.86. The van der Waals surface area contributed by atoms with Crippen LogP contribution in [0.5, 0.6) is 0 Å². The average Bonchev–Trinajstić information content (AvgIpc) is 2.27. The molecular weight excluding hydrogens is 198 g/mol. The van der Waals surface area contributed by atoms with Gasteiger partial charge in [0, 0.05) is 6.04 Å². The lowest BCUT2D eigenvalue weighted by atomic mass is 9.86. The van der Waals surface area contributed by atoms with Crippen LogP contribution in [0.25, 0.3) is 6.08 Å². The zero-order valence-electron chi connectivity index (χ0n) is 9.73. The Hall–Kier alpha value is -1.57. The first-order valence-corrected chi connectivity index (χ1v) is 5.74. The molecule has 1 aliphatic rings. The smallest absolute Gasteiger partial charge is 0.228 e. The van der Waals surface area contributed by atoms with Gasteiger partial charge in [0.1, 0.15) is 0 Å². The summed E-state index contributed by atoms with van der Waals surface area (Å²) in [6.07, 6.45) is 4.97. The van der Waals surface area contributed by atoms with E-state index in [1.54, 1.807) is 0 Å². The Morgan fingerprint density at radius 1 is 1.38 bits per heavy atom. The van der Waals surface area contributed by atoms with Crippen LogP contribution in [0.15, 0.2) is 30.3 Å². The lowest BCUT2D eigenvalue weighted by Gasteiger charge is -2.22. The molecule has 1 aromatic carbocycles. The number of benzene rings is 1. The van der Waals surface area contributed by atoms with Gasteiger partial charge in [0.15, 0.2) is 0 Å². The normalized spacial score (nSPS) is 18.3. The van der Waals surface area contributed by atoms with Gasteiger partial charge >= 0.3 is 0 Å². The predicted octanol–water partition coefficient (Wildman–Crippen LogP) is 2.71. The first-order chi connectivity index (χ1) is 7.68.